The van der Waals surface area contributed by atoms with Crippen LogP contribution in [0.5, 0.6) is 0 Å². The molecule has 2 saturated heterocycles. The molecule has 0 bridgehead atoms. The predicted molar refractivity (Wildman–Crippen MR) is 88.1 cm³/mol. The van der Waals surface area contributed by atoms with Crippen LogP contribution in [0.2, 0.25) is 5.02 Å². The van der Waals surface area contributed by atoms with Gasteiger partial charge < -0.3 is 19.4 Å². The fraction of sp³-hybridized carbons (Fsp3) is 0.667. The lowest BCUT2D eigenvalue weighted by atomic mass is 10.2. The second kappa shape index (κ2) is 6.98. The smallest absolute Gasteiger partial charge is 0.274 e. The summed E-state index contributed by atoms with van der Waals surface area (Å²) in [6.45, 7) is 7.17. The van der Waals surface area contributed by atoms with Crippen molar-refractivity contribution in [3.8, 4) is 0 Å². The number of hydrogen-bond donors (Lipinski definition) is 0. The highest BCUT2D eigenvalue weighted by atomic mass is 35.5. The molecule has 0 N–H and O–H groups in total. The highest BCUT2D eigenvalue weighted by Gasteiger charge is 2.29. The summed E-state index contributed by atoms with van der Waals surface area (Å²) in [7, 11) is 2.06. The van der Waals surface area contributed by atoms with Crippen molar-refractivity contribution in [2.45, 2.75) is 13.0 Å². The van der Waals surface area contributed by atoms with Gasteiger partial charge in [0.2, 0.25) is 5.95 Å². The van der Waals surface area contributed by atoms with E-state index in [1.165, 1.54) is 6.20 Å². The van der Waals surface area contributed by atoms with Gasteiger partial charge in [-0.05, 0) is 14.0 Å². The third-order valence-electron chi connectivity index (χ3n) is 4.32. The minimum atomic E-state index is -0.118. The zero-order valence-electron chi connectivity index (χ0n) is 13.5. The standard InChI is InChI=1S/C15H22ClN5O2/c1-11-10-19(2)3-4-21(11)14(22)13-12(16)9-17-15(18-13)20-5-7-23-8-6-20/h9,11H,3-8,10H2,1-2H3. The van der Waals surface area contributed by atoms with E-state index in [2.05, 4.69) is 21.9 Å². The molecule has 7 nitrogen and oxygen atoms in total. The molecule has 2 fully saturated rings. The Labute approximate surface area is 141 Å². The summed E-state index contributed by atoms with van der Waals surface area (Å²) < 4.78 is 5.34. The topological polar surface area (TPSA) is 61.8 Å². The van der Waals surface area contributed by atoms with Crippen LogP contribution in [0.4, 0.5) is 5.95 Å². The molecule has 0 spiro atoms. The molecular weight excluding hydrogens is 318 g/mol. The van der Waals surface area contributed by atoms with Gasteiger partial charge in [0.1, 0.15) is 0 Å². The van der Waals surface area contributed by atoms with E-state index in [9.17, 15) is 4.79 Å². The van der Waals surface area contributed by atoms with Gasteiger partial charge in [0.15, 0.2) is 5.69 Å². The first kappa shape index (κ1) is 16.4. The van der Waals surface area contributed by atoms with Gasteiger partial charge in [0.05, 0.1) is 24.4 Å². The third kappa shape index (κ3) is 3.57. The minimum Gasteiger partial charge on any atom is -0.378 e. The zero-order chi connectivity index (χ0) is 16.4. The van der Waals surface area contributed by atoms with Crippen molar-refractivity contribution in [3.05, 3.63) is 16.9 Å². The number of aromatic nitrogens is 2. The van der Waals surface area contributed by atoms with E-state index in [-0.39, 0.29) is 11.9 Å². The normalized spacial score (nSPS) is 23.2. The number of nitrogens with zero attached hydrogens (tertiary/aromatic N) is 5. The van der Waals surface area contributed by atoms with Crippen LogP contribution in [0.3, 0.4) is 0 Å². The summed E-state index contributed by atoms with van der Waals surface area (Å²) in [6, 6.07) is 0.138. The van der Waals surface area contributed by atoms with Gasteiger partial charge in [-0.15, -0.1) is 0 Å². The molecule has 3 rings (SSSR count). The monoisotopic (exact) mass is 339 g/mol. The lowest BCUT2D eigenvalue weighted by Crippen LogP contribution is -2.53. The fourth-order valence-electron chi connectivity index (χ4n) is 3.00. The van der Waals surface area contributed by atoms with Crippen molar-refractivity contribution in [2.75, 3.05) is 57.9 Å². The number of ether oxygens (including phenoxy) is 1. The number of hydrogen-bond acceptors (Lipinski definition) is 6. The number of carbonyl (C=O) groups excluding carboxylic acids is 1. The molecule has 1 unspecified atom stereocenters. The van der Waals surface area contributed by atoms with Crippen molar-refractivity contribution in [3.63, 3.8) is 0 Å². The van der Waals surface area contributed by atoms with Gasteiger partial charge >= 0.3 is 0 Å². The molecule has 2 aliphatic rings. The molecule has 0 aromatic carbocycles. The van der Waals surface area contributed by atoms with Gasteiger partial charge in [0.25, 0.3) is 5.91 Å². The Morgan fingerprint density at radius 1 is 1.30 bits per heavy atom. The van der Waals surface area contributed by atoms with E-state index >= 15 is 0 Å². The van der Waals surface area contributed by atoms with E-state index < -0.39 is 0 Å². The maximum atomic E-state index is 12.9. The molecule has 0 saturated carbocycles. The van der Waals surface area contributed by atoms with Crippen molar-refractivity contribution >= 4 is 23.5 Å². The van der Waals surface area contributed by atoms with E-state index in [0.29, 0.717) is 36.4 Å². The molecule has 0 aliphatic carbocycles. The Kier molecular flexibility index (Phi) is 4.99. The van der Waals surface area contributed by atoms with Crippen LogP contribution < -0.4 is 4.90 Å². The molecule has 1 atom stereocenters. The largest absolute Gasteiger partial charge is 0.378 e. The van der Waals surface area contributed by atoms with Gasteiger partial charge in [-0.3, -0.25) is 4.79 Å². The number of halogens is 1. The van der Waals surface area contributed by atoms with Gasteiger partial charge in [-0.25, -0.2) is 9.97 Å². The molecule has 126 valence electrons. The first-order valence-electron chi connectivity index (χ1n) is 7.91. The summed E-state index contributed by atoms with van der Waals surface area (Å²) in [5.74, 6) is 0.426. The summed E-state index contributed by atoms with van der Waals surface area (Å²) >= 11 is 6.20. The molecule has 2 aliphatic heterocycles. The van der Waals surface area contributed by atoms with Crippen LogP contribution in [0.15, 0.2) is 6.20 Å². The van der Waals surface area contributed by atoms with E-state index in [0.717, 1.165) is 26.2 Å². The number of carbonyl (C=O) groups is 1. The number of piperazine rings is 1. The van der Waals surface area contributed by atoms with Crippen molar-refractivity contribution in [1.82, 2.24) is 19.8 Å². The first-order chi connectivity index (χ1) is 11.1. The molecule has 0 radical (unpaired) electrons. The van der Waals surface area contributed by atoms with E-state index in [4.69, 9.17) is 16.3 Å². The number of rotatable bonds is 2. The van der Waals surface area contributed by atoms with Crippen LogP contribution in [0, 0.1) is 0 Å². The number of likely N-dealkylation sites (N-methyl/N-ethyl adjacent to an activating group) is 1. The van der Waals surface area contributed by atoms with Gasteiger partial charge in [-0.1, -0.05) is 11.6 Å². The Bertz CT molecular complexity index is 579. The van der Waals surface area contributed by atoms with Gasteiger partial charge in [0, 0.05) is 38.8 Å². The quantitative estimate of drug-likeness (QED) is 0.792. The molecule has 3 heterocycles. The van der Waals surface area contributed by atoms with E-state index in [1.54, 1.807) is 0 Å². The fourth-order valence-corrected chi connectivity index (χ4v) is 3.17. The third-order valence-corrected chi connectivity index (χ3v) is 4.60. The lowest BCUT2D eigenvalue weighted by molar-refractivity contribution is 0.0528. The Balaban J connectivity index is 1.82. The summed E-state index contributed by atoms with van der Waals surface area (Å²) in [4.78, 5) is 27.7. The predicted octanol–water partition coefficient (Wildman–Crippen LogP) is 0.743. The summed E-state index contributed by atoms with van der Waals surface area (Å²) in [5.41, 5.74) is 0.291. The second-order valence-electron chi connectivity index (χ2n) is 6.08. The first-order valence-corrected chi connectivity index (χ1v) is 8.29. The van der Waals surface area contributed by atoms with Crippen molar-refractivity contribution in [1.29, 1.82) is 0 Å². The second-order valence-corrected chi connectivity index (χ2v) is 6.48. The van der Waals surface area contributed by atoms with Crippen LogP contribution in [-0.2, 0) is 4.74 Å². The van der Waals surface area contributed by atoms with Crippen molar-refractivity contribution < 1.29 is 9.53 Å². The number of anilines is 1. The minimum absolute atomic E-state index is 0.118. The Hall–Kier alpha value is -1.44. The molecule has 23 heavy (non-hydrogen) atoms. The summed E-state index contributed by atoms with van der Waals surface area (Å²) in [6.07, 6.45) is 1.52. The van der Waals surface area contributed by atoms with Crippen LogP contribution in [0.1, 0.15) is 17.4 Å². The number of amides is 1. The molecular formula is C15H22ClN5O2. The lowest BCUT2D eigenvalue weighted by Gasteiger charge is -2.38. The number of morpholine rings is 1. The Morgan fingerprint density at radius 2 is 2.04 bits per heavy atom. The van der Waals surface area contributed by atoms with Crippen molar-refractivity contribution in [2.24, 2.45) is 0 Å². The molecule has 8 heteroatoms. The van der Waals surface area contributed by atoms with Crippen LogP contribution in [-0.4, -0.2) is 84.7 Å². The summed E-state index contributed by atoms with van der Waals surface area (Å²) in [5, 5.41) is 0.304. The molecule has 1 aromatic rings. The van der Waals surface area contributed by atoms with Crippen LogP contribution in [0.25, 0.3) is 0 Å². The maximum absolute atomic E-state index is 12.9. The SMILES string of the molecule is CC1CN(C)CCN1C(=O)c1nc(N2CCOCC2)ncc1Cl. The van der Waals surface area contributed by atoms with E-state index in [1.807, 2.05) is 16.7 Å². The van der Waals surface area contributed by atoms with Crippen LogP contribution >= 0.6 is 11.6 Å². The van der Waals surface area contributed by atoms with Gasteiger partial charge in [-0.2, -0.15) is 0 Å². The average Bonchev–Trinajstić information content (AvgIpc) is 2.55. The molecule has 1 aromatic heterocycles. The highest BCUT2D eigenvalue weighted by Crippen LogP contribution is 2.21. The maximum Gasteiger partial charge on any atom is 0.274 e. The zero-order valence-corrected chi connectivity index (χ0v) is 14.3. The Morgan fingerprint density at radius 3 is 2.74 bits per heavy atom. The molecule has 1 amide bonds. The highest BCUT2D eigenvalue weighted by molar-refractivity contribution is 6.33. The average molecular weight is 340 g/mol.